The second-order valence-corrected chi connectivity index (χ2v) is 7.12. The highest BCUT2D eigenvalue weighted by atomic mass is 127. The molecular formula is C17H26BrClIN3O. The molecule has 0 aliphatic carbocycles. The third kappa shape index (κ3) is 7.06. The summed E-state index contributed by atoms with van der Waals surface area (Å²) in [6.45, 7) is 6.41. The van der Waals surface area contributed by atoms with Gasteiger partial charge < -0.3 is 15.0 Å². The minimum atomic E-state index is 0. The summed E-state index contributed by atoms with van der Waals surface area (Å²) in [5.41, 5.74) is 1.18. The Bertz CT molecular complexity index is 539. The molecule has 1 aromatic carbocycles. The normalized spacial score (nSPS) is 17.5. The van der Waals surface area contributed by atoms with E-state index in [9.17, 15) is 0 Å². The molecule has 2 rings (SSSR count). The Labute approximate surface area is 175 Å². The van der Waals surface area contributed by atoms with Crippen LogP contribution in [0.4, 0.5) is 0 Å². The van der Waals surface area contributed by atoms with Crippen molar-refractivity contribution in [1.82, 2.24) is 10.2 Å². The van der Waals surface area contributed by atoms with Gasteiger partial charge in [-0.05, 0) is 43.5 Å². The van der Waals surface area contributed by atoms with Crippen molar-refractivity contribution < 1.29 is 4.74 Å². The van der Waals surface area contributed by atoms with Crippen molar-refractivity contribution >= 4 is 57.5 Å². The van der Waals surface area contributed by atoms with Crippen LogP contribution in [-0.4, -0.2) is 50.8 Å². The lowest BCUT2D eigenvalue weighted by Gasteiger charge is -2.24. The van der Waals surface area contributed by atoms with Crippen LogP contribution in [0.15, 0.2) is 27.7 Å². The van der Waals surface area contributed by atoms with Gasteiger partial charge in [-0.25, -0.2) is 0 Å². The van der Waals surface area contributed by atoms with Crippen LogP contribution in [0.2, 0.25) is 5.02 Å². The number of nitrogens with one attached hydrogen (secondary N) is 1. The van der Waals surface area contributed by atoms with Crippen LogP contribution in [-0.2, 0) is 11.2 Å². The first kappa shape index (κ1) is 22.0. The Morgan fingerprint density at radius 1 is 1.50 bits per heavy atom. The van der Waals surface area contributed by atoms with Gasteiger partial charge in [-0.2, -0.15) is 0 Å². The van der Waals surface area contributed by atoms with E-state index in [0.717, 1.165) is 61.1 Å². The van der Waals surface area contributed by atoms with E-state index in [2.05, 4.69) is 40.1 Å². The SMILES string of the molecule is CCNC(=NCCc1cc(Cl)ccc1Br)N(C)CC1CCOC1.I. The van der Waals surface area contributed by atoms with E-state index in [1.165, 1.54) is 5.56 Å². The number of hydrogen-bond donors (Lipinski definition) is 1. The van der Waals surface area contributed by atoms with Crippen LogP contribution in [0, 0.1) is 5.92 Å². The van der Waals surface area contributed by atoms with Gasteiger partial charge in [-0.3, -0.25) is 4.99 Å². The van der Waals surface area contributed by atoms with Crippen molar-refractivity contribution in [2.24, 2.45) is 10.9 Å². The molecule has 0 bridgehead atoms. The zero-order valence-electron chi connectivity index (χ0n) is 14.2. The van der Waals surface area contributed by atoms with Crippen LogP contribution in [0.1, 0.15) is 18.9 Å². The zero-order chi connectivity index (χ0) is 16.7. The monoisotopic (exact) mass is 529 g/mol. The summed E-state index contributed by atoms with van der Waals surface area (Å²) in [6, 6.07) is 5.87. The summed E-state index contributed by atoms with van der Waals surface area (Å²) in [5.74, 6) is 1.56. The van der Waals surface area contributed by atoms with Gasteiger partial charge in [0, 0.05) is 48.7 Å². The van der Waals surface area contributed by atoms with E-state index in [1.807, 2.05) is 18.2 Å². The van der Waals surface area contributed by atoms with Gasteiger partial charge in [0.25, 0.3) is 0 Å². The molecular weight excluding hydrogens is 504 g/mol. The molecule has 0 saturated carbocycles. The Morgan fingerprint density at radius 3 is 2.96 bits per heavy atom. The molecule has 1 aliphatic heterocycles. The molecule has 0 amide bonds. The van der Waals surface area contributed by atoms with E-state index >= 15 is 0 Å². The maximum absolute atomic E-state index is 6.06. The number of hydrogen-bond acceptors (Lipinski definition) is 2. The third-order valence-corrected chi connectivity index (χ3v) is 4.91. The topological polar surface area (TPSA) is 36.9 Å². The van der Waals surface area contributed by atoms with Crippen LogP contribution in [0.3, 0.4) is 0 Å². The molecule has 1 atom stereocenters. The summed E-state index contributed by atoms with van der Waals surface area (Å²) < 4.78 is 6.54. The van der Waals surface area contributed by atoms with E-state index in [1.54, 1.807) is 0 Å². The molecule has 0 radical (unpaired) electrons. The quantitative estimate of drug-likeness (QED) is 0.340. The van der Waals surface area contributed by atoms with Crippen LogP contribution < -0.4 is 5.32 Å². The number of guanidine groups is 1. The van der Waals surface area contributed by atoms with E-state index in [4.69, 9.17) is 21.3 Å². The van der Waals surface area contributed by atoms with E-state index < -0.39 is 0 Å². The Morgan fingerprint density at radius 2 is 2.29 bits per heavy atom. The number of nitrogens with zero attached hydrogens (tertiary/aromatic N) is 2. The maximum Gasteiger partial charge on any atom is 0.193 e. The minimum Gasteiger partial charge on any atom is -0.381 e. The second-order valence-electron chi connectivity index (χ2n) is 5.83. The van der Waals surface area contributed by atoms with Crippen LogP contribution in [0.25, 0.3) is 0 Å². The standard InChI is InChI=1S/C17H25BrClN3O.HI/c1-3-20-17(22(2)11-13-7-9-23-12-13)21-8-6-14-10-15(19)4-5-16(14)18;/h4-5,10,13H,3,6-9,11-12H2,1-2H3,(H,20,21);1H. The first-order chi connectivity index (χ1) is 11.1. The van der Waals surface area contributed by atoms with Crippen molar-refractivity contribution in [2.45, 2.75) is 19.8 Å². The first-order valence-electron chi connectivity index (χ1n) is 8.11. The molecule has 1 fully saturated rings. The number of aliphatic imine (C=N–C) groups is 1. The van der Waals surface area contributed by atoms with Crippen molar-refractivity contribution in [1.29, 1.82) is 0 Å². The van der Waals surface area contributed by atoms with Crippen molar-refractivity contribution in [3.05, 3.63) is 33.3 Å². The molecule has 1 heterocycles. The van der Waals surface area contributed by atoms with Gasteiger partial charge >= 0.3 is 0 Å². The zero-order valence-corrected chi connectivity index (χ0v) is 18.9. The largest absolute Gasteiger partial charge is 0.381 e. The number of rotatable bonds is 6. The van der Waals surface area contributed by atoms with Gasteiger partial charge in [-0.15, -0.1) is 24.0 Å². The summed E-state index contributed by atoms with van der Waals surface area (Å²) in [7, 11) is 2.09. The van der Waals surface area contributed by atoms with E-state index in [0.29, 0.717) is 5.92 Å². The van der Waals surface area contributed by atoms with E-state index in [-0.39, 0.29) is 24.0 Å². The Hall–Kier alpha value is -0.0500. The number of ether oxygens (including phenoxy) is 1. The lowest BCUT2D eigenvalue weighted by Crippen LogP contribution is -2.41. The Balaban J connectivity index is 0.00000288. The van der Waals surface area contributed by atoms with Gasteiger partial charge in [0.1, 0.15) is 0 Å². The molecule has 0 aromatic heterocycles. The van der Waals surface area contributed by atoms with Gasteiger partial charge in [-0.1, -0.05) is 27.5 Å². The summed E-state index contributed by atoms with van der Waals surface area (Å²) >= 11 is 9.63. The molecule has 1 unspecified atom stereocenters. The first-order valence-corrected chi connectivity index (χ1v) is 9.28. The molecule has 24 heavy (non-hydrogen) atoms. The fourth-order valence-corrected chi connectivity index (χ4v) is 3.33. The predicted octanol–water partition coefficient (Wildman–Crippen LogP) is 4.20. The van der Waals surface area contributed by atoms with Crippen molar-refractivity contribution in [3.63, 3.8) is 0 Å². The van der Waals surface area contributed by atoms with Crippen molar-refractivity contribution in [2.75, 3.05) is 39.9 Å². The fourth-order valence-electron chi connectivity index (χ4n) is 2.69. The lowest BCUT2D eigenvalue weighted by atomic mass is 10.1. The Kier molecular flexibility index (Phi) is 10.6. The summed E-state index contributed by atoms with van der Waals surface area (Å²) in [4.78, 5) is 6.95. The van der Waals surface area contributed by atoms with Crippen LogP contribution >= 0.6 is 51.5 Å². The molecule has 1 saturated heterocycles. The molecule has 1 aliphatic rings. The van der Waals surface area contributed by atoms with Gasteiger partial charge in [0.15, 0.2) is 5.96 Å². The summed E-state index contributed by atoms with van der Waals surface area (Å²) in [6.07, 6.45) is 2.00. The van der Waals surface area contributed by atoms with Crippen molar-refractivity contribution in [3.8, 4) is 0 Å². The molecule has 1 aromatic rings. The third-order valence-electron chi connectivity index (χ3n) is 3.90. The molecule has 4 nitrogen and oxygen atoms in total. The van der Waals surface area contributed by atoms with Crippen LogP contribution in [0.5, 0.6) is 0 Å². The van der Waals surface area contributed by atoms with Gasteiger partial charge in [0.05, 0.1) is 6.61 Å². The average molecular weight is 531 g/mol. The predicted molar refractivity (Wildman–Crippen MR) is 116 cm³/mol. The smallest absolute Gasteiger partial charge is 0.193 e. The summed E-state index contributed by atoms with van der Waals surface area (Å²) in [5, 5.41) is 4.13. The number of halogens is 3. The molecule has 7 heteroatoms. The highest BCUT2D eigenvalue weighted by Crippen LogP contribution is 2.21. The highest BCUT2D eigenvalue weighted by molar-refractivity contribution is 14.0. The molecule has 136 valence electrons. The second kappa shape index (κ2) is 11.5. The fraction of sp³-hybridized carbons (Fsp3) is 0.588. The lowest BCUT2D eigenvalue weighted by molar-refractivity contribution is 0.181. The number of benzene rings is 1. The van der Waals surface area contributed by atoms with Gasteiger partial charge in [0.2, 0.25) is 0 Å². The maximum atomic E-state index is 6.06. The highest BCUT2D eigenvalue weighted by Gasteiger charge is 2.18. The molecule has 1 N–H and O–H groups in total. The molecule has 0 spiro atoms. The minimum absolute atomic E-state index is 0. The average Bonchev–Trinajstić information content (AvgIpc) is 3.02.